The lowest BCUT2D eigenvalue weighted by atomic mass is 9.87. The normalized spacial score (nSPS) is 20.8. The van der Waals surface area contributed by atoms with Gasteiger partial charge in [-0.15, -0.1) is 5.10 Å². The van der Waals surface area contributed by atoms with Crippen molar-refractivity contribution in [2.75, 3.05) is 5.75 Å². The van der Waals surface area contributed by atoms with Crippen LogP contribution in [0.3, 0.4) is 0 Å². The van der Waals surface area contributed by atoms with Crippen LogP contribution in [0.25, 0.3) is 5.69 Å². The summed E-state index contributed by atoms with van der Waals surface area (Å²) in [6.45, 7) is 2.27. The number of hydrogen-bond acceptors (Lipinski definition) is 5. The van der Waals surface area contributed by atoms with Crippen molar-refractivity contribution in [3.63, 3.8) is 0 Å². The summed E-state index contributed by atoms with van der Waals surface area (Å²) in [6.07, 6.45) is 4.51. The number of thioether (sulfide) groups is 1. The number of aromatic nitrogens is 4. The minimum Gasteiger partial charge on any atom is -0.353 e. The Morgan fingerprint density at radius 2 is 2.00 bits per heavy atom. The van der Waals surface area contributed by atoms with Gasteiger partial charge in [0.25, 0.3) is 0 Å². The summed E-state index contributed by atoms with van der Waals surface area (Å²) in [5, 5.41) is 16.0. The number of nitrogens with zero attached hydrogens (tertiary/aromatic N) is 4. The Morgan fingerprint density at radius 3 is 2.71 bits per heavy atom. The van der Waals surface area contributed by atoms with Gasteiger partial charge in [0, 0.05) is 11.1 Å². The zero-order valence-electron chi connectivity index (χ0n) is 13.5. The predicted octanol–water partition coefficient (Wildman–Crippen LogP) is 3.10. The predicted molar refractivity (Wildman–Crippen MR) is 94.5 cm³/mol. The number of carbonyl (C=O) groups excluding carboxylic acids is 1. The average molecular weight is 366 g/mol. The third-order valence-electron chi connectivity index (χ3n) is 4.23. The number of hydrogen-bond donors (Lipinski definition) is 1. The fraction of sp³-hybridized carbons (Fsp3) is 0.500. The number of tetrazole rings is 1. The molecule has 1 aromatic carbocycles. The second-order valence-electron chi connectivity index (χ2n) is 6.16. The third-order valence-corrected chi connectivity index (χ3v) is 5.40. The molecular formula is C16H20ClN5OS. The monoisotopic (exact) mass is 365 g/mol. The highest BCUT2D eigenvalue weighted by molar-refractivity contribution is 7.99. The summed E-state index contributed by atoms with van der Waals surface area (Å²) in [7, 11) is 0. The lowest BCUT2D eigenvalue weighted by Crippen LogP contribution is -2.38. The van der Waals surface area contributed by atoms with Crippen LogP contribution < -0.4 is 5.32 Å². The molecule has 0 saturated heterocycles. The minimum absolute atomic E-state index is 0.0326. The van der Waals surface area contributed by atoms with Crippen molar-refractivity contribution in [3.05, 3.63) is 29.3 Å². The van der Waals surface area contributed by atoms with Crippen molar-refractivity contribution < 1.29 is 4.79 Å². The fourth-order valence-electron chi connectivity index (χ4n) is 2.82. The van der Waals surface area contributed by atoms with Gasteiger partial charge < -0.3 is 5.32 Å². The molecule has 1 aliphatic carbocycles. The molecule has 1 heterocycles. The van der Waals surface area contributed by atoms with Gasteiger partial charge >= 0.3 is 0 Å². The van der Waals surface area contributed by atoms with E-state index in [9.17, 15) is 4.79 Å². The van der Waals surface area contributed by atoms with E-state index in [2.05, 4.69) is 27.8 Å². The fourth-order valence-corrected chi connectivity index (χ4v) is 3.65. The number of carbonyl (C=O) groups is 1. The summed E-state index contributed by atoms with van der Waals surface area (Å²) in [5.74, 6) is 1.11. The summed E-state index contributed by atoms with van der Waals surface area (Å²) in [4.78, 5) is 12.2. The molecule has 8 heteroatoms. The van der Waals surface area contributed by atoms with E-state index in [1.165, 1.54) is 24.6 Å². The maximum absolute atomic E-state index is 12.2. The summed E-state index contributed by atoms with van der Waals surface area (Å²) in [5.41, 5.74) is 0.813. The maximum atomic E-state index is 12.2. The molecule has 2 aromatic rings. The molecule has 1 saturated carbocycles. The SMILES string of the molecule is CC1CCC(NC(=O)CSc2nnnn2-c2ccc(Cl)cc2)CC1. The molecule has 1 amide bonds. The van der Waals surface area contributed by atoms with E-state index in [4.69, 9.17) is 11.6 Å². The van der Waals surface area contributed by atoms with Crippen LogP contribution in [0.2, 0.25) is 5.02 Å². The molecule has 0 aliphatic heterocycles. The molecule has 6 nitrogen and oxygen atoms in total. The van der Waals surface area contributed by atoms with Crippen molar-refractivity contribution in [1.82, 2.24) is 25.5 Å². The second-order valence-corrected chi connectivity index (χ2v) is 7.54. The van der Waals surface area contributed by atoms with Gasteiger partial charge in [0.05, 0.1) is 11.4 Å². The molecule has 128 valence electrons. The quantitative estimate of drug-likeness (QED) is 0.824. The molecule has 1 aliphatic rings. The highest BCUT2D eigenvalue weighted by atomic mass is 35.5. The zero-order valence-corrected chi connectivity index (χ0v) is 15.1. The second kappa shape index (κ2) is 7.98. The molecular weight excluding hydrogens is 346 g/mol. The topological polar surface area (TPSA) is 72.7 Å². The van der Waals surface area contributed by atoms with E-state index < -0.39 is 0 Å². The number of rotatable bonds is 5. The van der Waals surface area contributed by atoms with Gasteiger partial charge in [-0.3, -0.25) is 4.79 Å². The number of amides is 1. The van der Waals surface area contributed by atoms with Crippen molar-refractivity contribution in [2.24, 2.45) is 5.92 Å². The Morgan fingerprint density at radius 1 is 1.29 bits per heavy atom. The van der Waals surface area contributed by atoms with Crippen LogP contribution in [-0.2, 0) is 4.79 Å². The molecule has 0 atom stereocenters. The molecule has 0 bridgehead atoms. The van der Waals surface area contributed by atoms with Crippen LogP contribution >= 0.6 is 23.4 Å². The molecule has 0 unspecified atom stereocenters. The highest BCUT2D eigenvalue weighted by Gasteiger charge is 2.20. The van der Waals surface area contributed by atoms with Gasteiger partial charge in [0.15, 0.2) is 0 Å². The molecule has 1 aromatic heterocycles. The van der Waals surface area contributed by atoms with E-state index in [1.807, 2.05) is 12.1 Å². The first-order chi connectivity index (χ1) is 11.6. The zero-order chi connectivity index (χ0) is 16.9. The van der Waals surface area contributed by atoms with Crippen molar-refractivity contribution in [3.8, 4) is 5.69 Å². The Labute approximate surface area is 150 Å². The van der Waals surface area contributed by atoms with Gasteiger partial charge in [-0.2, -0.15) is 4.68 Å². The van der Waals surface area contributed by atoms with E-state index in [1.54, 1.807) is 16.8 Å². The van der Waals surface area contributed by atoms with Crippen LogP contribution in [0.5, 0.6) is 0 Å². The maximum Gasteiger partial charge on any atom is 0.230 e. The summed E-state index contributed by atoms with van der Waals surface area (Å²) in [6, 6.07) is 7.55. The third kappa shape index (κ3) is 4.48. The first-order valence-electron chi connectivity index (χ1n) is 8.08. The van der Waals surface area contributed by atoms with Crippen LogP contribution in [0.1, 0.15) is 32.6 Å². The Balaban J connectivity index is 1.54. The van der Waals surface area contributed by atoms with E-state index in [-0.39, 0.29) is 5.91 Å². The van der Waals surface area contributed by atoms with Crippen molar-refractivity contribution >= 4 is 29.3 Å². The van der Waals surface area contributed by atoms with Gasteiger partial charge in [0.1, 0.15) is 0 Å². The lowest BCUT2D eigenvalue weighted by molar-refractivity contribution is -0.119. The van der Waals surface area contributed by atoms with E-state index in [0.717, 1.165) is 24.4 Å². The Bertz CT molecular complexity index is 682. The number of benzene rings is 1. The van der Waals surface area contributed by atoms with E-state index in [0.29, 0.717) is 22.0 Å². The molecule has 0 radical (unpaired) electrons. The van der Waals surface area contributed by atoms with Crippen molar-refractivity contribution in [1.29, 1.82) is 0 Å². The van der Waals surface area contributed by atoms with Gasteiger partial charge in [0.2, 0.25) is 11.1 Å². The van der Waals surface area contributed by atoms with Crippen LogP contribution in [-0.4, -0.2) is 37.9 Å². The molecule has 24 heavy (non-hydrogen) atoms. The van der Waals surface area contributed by atoms with Crippen LogP contribution in [0.4, 0.5) is 0 Å². The Hall–Kier alpha value is -1.60. The standard InChI is InChI=1S/C16H20ClN5OS/c1-11-2-6-13(7-3-11)18-15(23)10-24-16-19-20-21-22(16)14-8-4-12(17)5-9-14/h4-5,8-9,11,13H,2-3,6-7,10H2,1H3,(H,18,23). The van der Waals surface area contributed by atoms with Gasteiger partial charge in [-0.25, -0.2) is 0 Å². The van der Waals surface area contributed by atoms with Crippen molar-refractivity contribution in [2.45, 2.75) is 43.8 Å². The lowest BCUT2D eigenvalue weighted by Gasteiger charge is -2.26. The minimum atomic E-state index is 0.0326. The van der Waals surface area contributed by atoms with Gasteiger partial charge in [-0.1, -0.05) is 30.3 Å². The summed E-state index contributed by atoms with van der Waals surface area (Å²) < 4.78 is 1.61. The molecule has 1 fully saturated rings. The first-order valence-corrected chi connectivity index (χ1v) is 9.44. The van der Waals surface area contributed by atoms with Crippen LogP contribution in [0, 0.1) is 5.92 Å². The average Bonchev–Trinajstić information content (AvgIpc) is 3.04. The number of halogens is 1. The highest BCUT2D eigenvalue weighted by Crippen LogP contribution is 2.24. The number of nitrogens with one attached hydrogen (secondary N) is 1. The molecule has 1 N–H and O–H groups in total. The van der Waals surface area contributed by atoms with Gasteiger partial charge in [-0.05, 0) is 66.3 Å². The smallest absolute Gasteiger partial charge is 0.230 e. The van der Waals surface area contributed by atoms with E-state index >= 15 is 0 Å². The molecule has 0 spiro atoms. The molecule has 3 rings (SSSR count). The Kier molecular flexibility index (Phi) is 5.73. The summed E-state index contributed by atoms with van der Waals surface area (Å²) >= 11 is 7.23. The largest absolute Gasteiger partial charge is 0.353 e. The van der Waals surface area contributed by atoms with Crippen LogP contribution in [0.15, 0.2) is 29.4 Å². The first kappa shape index (κ1) is 17.2.